The summed E-state index contributed by atoms with van der Waals surface area (Å²) in [5.74, 6) is -1.32. The van der Waals surface area contributed by atoms with Gasteiger partial charge < -0.3 is 10.4 Å². The first-order valence-electron chi connectivity index (χ1n) is 5.71. The Morgan fingerprint density at radius 3 is 2.56 bits per heavy atom. The molecule has 6 heteroatoms. The number of carbonyl (C=O) groups is 2. The number of aliphatic imine (C=N–C) groups is 1. The van der Waals surface area contributed by atoms with Crippen LogP contribution < -0.4 is 40.0 Å². The molecular weight excluding hydrogens is 243 g/mol. The molecule has 2 atom stereocenters. The fourth-order valence-electron chi connectivity index (χ4n) is 1.99. The van der Waals surface area contributed by atoms with E-state index in [0.717, 1.165) is 0 Å². The maximum atomic E-state index is 12.0. The van der Waals surface area contributed by atoms with Gasteiger partial charge in [0, 0.05) is 0 Å². The Kier molecular flexibility index (Phi) is 6.81. The summed E-state index contributed by atoms with van der Waals surface area (Å²) < 4.78 is 0. The standard InChI is InChI=1S/C12H18N2O3.Na/c1-4-6-7-12(8(3)5-2)9(15)13-11(17)14-10(12)16;/h4,6,8H,5,7H2,1-3H3,(H2,13,14,15,16,17);/q;+1/p-1. The molecule has 18 heavy (non-hydrogen) atoms. The minimum Gasteiger partial charge on any atom is -0.846 e. The van der Waals surface area contributed by atoms with Crippen molar-refractivity contribution in [2.75, 3.05) is 0 Å². The van der Waals surface area contributed by atoms with Gasteiger partial charge in [-0.2, -0.15) is 0 Å². The monoisotopic (exact) mass is 260 g/mol. The second kappa shape index (κ2) is 7.07. The molecule has 1 aliphatic heterocycles. The van der Waals surface area contributed by atoms with Crippen LogP contribution in [0.2, 0.25) is 0 Å². The van der Waals surface area contributed by atoms with E-state index in [4.69, 9.17) is 0 Å². The Morgan fingerprint density at radius 1 is 1.50 bits per heavy atom. The van der Waals surface area contributed by atoms with Gasteiger partial charge in [0.05, 0.1) is 6.02 Å². The first-order chi connectivity index (χ1) is 7.98. The number of carbonyl (C=O) groups excluding carboxylic acids is 2. The van der Waals surface area contributed by atoms with Crippen molar-refractivity contribution in [1.82, 2.24) is 5.32 Å². The minimum absolute atomic E-state index is 0. The maximum Gasteiger partial charge on any atom is 1.00 e. The number of amidine groups is 1. The van der Waals surface area contributed by atoms with Crippen molar-refractivity contribution in [3.63, 3.8) is 0 Å². The summed E-state index contributed by atoms with van der Waals surface area (Å²) in [6, 6.07) is -0.862. The van der Waals surface area contributed by atoms with Crippen LogP contribution >= 0.6 is 0 Å². The third-order valence-electron chi connectivity index (χ3n) is 3.34. The molecule has 1 N–H and O–H groups in total. The number of hydrogen-bond donors (Lipinski definition) is 1. The summed E-state index contributed by atoms with van der Waals surface area (Å²) in [5, 5.41) is 13.1. The summed E-state index contributed by atoms with van der Waals surface area (Å²) in [4.78, 5) is 27.3. The van der Waals surface area contributed by atoms with Crippen LogP contribution in [0.25, 0.3) is 0 Å². The number of nitrogens with zero attached hydrogens (tertiary/aromatic N) is 1. The van der Waals surface area contributed by atoms with E-state index < -0.39 is 23.3 Å². The van der Waals surface area contributed by atoms with Crippen molar-refractivity contribution in [3.8, 4) is 0 Å². The summed E-state index contributed by atoms with van der Waals surface area (Å²) >= 11 is 0. The molecule has 0 aromatic rings. The van der Waals surface area contributed by atoms with Crippen LogP contribution in [0.5, 0.6) is 0 Å². The van der Waals surface area contributed by atoms with Gasteiger partial charge in [-0.3, -0.25) is 9.59 Å². The van der Waals surface area contributed by atoms with Gasteiger partial charge in [-0.15, -0.1) is 0 Å². The van der Waals surface area contributed by atoms with E-state index in [1.54, 1.807) is 12.2 Å². The second-order valence-electron chi connectivity index (χ2n) is 4.23. The zero-order valence-electron chi connectivity index (χ0n) is 11.3. The van der Waals surface area contributed by atoms with Crippen LogP contribution in [0.4, 0.5) is 0 Å². The Bertz CT molecular complexity index is 393. The molecular formula is C12H17N2NaO3. The maximum absolute atomic E-state index is 12.0. The van der Waals surface area contributed by atoms with E-state index in [1.807, 2.05) is 20.8 Å². The van der Waals surface area contributed by atoms with E-state index in [0.29, 0.717) is 6.42 Å². The molecule has 0 aromatic heterocycles. The van der Waals surface area contributed by atoms with Gasteiger partial charge in [0.2, 0.25) is 5.91 Å². The predicted molar refractivity (Wildman–Crippen MR) is 61.9 cm³/mol. The van der Waals surface area contributed by atoms with Gasteiger partial charge in [-0.05, 0) is 19.3 Å². The van der Waals surface area contributed by atoms with Gasteiger partial charge in [-0.25, -0.2) is 4.99 Å². The third kappa shape index (κ3) is 3.02. The van der Waals surface area contributed by atoms with Gasteiger partial charge in [0.25, 0.3) is 5.91 Å². The molecule has 0 radical (unpaired) electrons. The number of nitrogens with one attached hydrogen (secondary N) is 1. The van der Waals surface area contributed by atoms with Crippen LogP contribution in [-0.4, -0.2) is 17.8 Å². The summed E-state index contributed by atoms with van der Waals surface area (Å²) in [6.45, 7) is 5.54. The van der Waals surface area contributed by atoms with Crippen LogP contribution in [0.1, 0.15) is 33.6 Å². The summed E-state index contributed by atoms with van der Waals surface area (Å²) in [5.41, 5.74) is -1.23. The second-order valence-corrected chi connectivity index (χ2v) is 4.23. The molecule has 1 rings (SSSR count). The normalized spacial score (nSPS) is 25.4. The Morgan fingerprint density at radius 2 is 2.11 bits per heavy atom. The number of rotatable bonds is 4. The Labute approximate surface area is 129 Å². The molecule has 0 saturated heterocycles. The summed E-state index contributed by atoms with van der Waals surface area (Å²) in [7, 11) is 0. The van der Waals surface area contributed by atoms with E-state index in [-0.39, 0.29) is 41.9 Å². The van der Waals surface area contributed by atoms with Gasteiger partial charge in [0.1, 0.15) is 5.41 Å². The number of hydrogen-bond acceptors (Lipinski definition) is 3. The molecule has 5 nitrogen and oxygen atoms in total. The smallest absolute Gasteiger partial charge is 0.846 e. The van der Waals surface area contributed by atoms with Crippen LogP contribution in [-0.2, 0) is 9.59 Å². The van der Waals surface area contributed by atoms with Crippen molar-refractivity contribution in [2.45, 2.75) is 33.6 Å². The average Bonchev–Trinajstić information content (AvgIpc) is 2.27. The molecule has 0 saturated carbocycles. The zero-order valence-corrected chi connectivity index (χ0v) is 13.3. The fourth-order valence-corrected chi connectivity index (χ4v) is 1.99. The SMILES string of the molecule is CC=CCC1(C(C)CC)C(=O)N=C([O-])NC1=O.[Na+]. The topological polar surface area (TPSA) is 81.6 Å². The molecule has 0 spiro atoms. The van der Waals surface area contributed by atoms with E-state index in [2.05, 4.69) is 10.3 Å². The quantitative estimate of drug-likeness (QED) is 0.341. The first-order valence-corrected chi connectivity index (χ1v) is 5.71. The van der Waals surface area contributed by atoms with E-state index in [9.17, 15) is 14.7 Å². The predicted octanol–water partition coefficient (Wildman–Crippen LogP) is -2.64. The Hall–Kier alpha value is -0.650. The molecule has 1 aliphatic rings. The van der Waals surface area contributed by atoms with Gasteiger partial charge >= 0.3 is 29.6 Å². The number of allylic oxidation sites excluding steroid dienone is 2. The van der Waals surface area contributed by atoms with Crippen LogP contribution in [0.15, 0.2) is 17.1 Å². The van der Waals surface area contributed by atoms with E-state index in [1.165, 1.54) is 0 Å². The van der Waals surface area contributed by atoms with E-state index >= 15 is 0 Å². The molecule has 0 bridgehead atoms. The molecule has 0 aliphatic carbocycles. The third-order valence-corrected chi connectivity index (χ3v) is 3.34. The molecule has 2 unspecified atom stereocenters. The first kappa shape index (κ1) is 17.4. The van der Waals surface area contributed by atoms with Crippen LogP contribution in [0, 0.1) is 11.3 Å². The van der Waals surface area contributed by atoms with Crippen molar-refractivity contribution in [3.05, 3.63) is 12.2 Å². The molecule has 94 valence electrons. The van der Waals surface area contributed by atoms with Crippen molar-refractivity contribution < 1.29 is 44.3 Å². The summed E-state index contributed by atoms with van der Waals surface area (Å²) in [6.07, 6.45) is 4.48. The van der Waals surface area contributed by atoms with Crippen molar-refractivity contribution >= 4 is 17.8 Å². The van der Waals surface area contributed by atoms with Gasteiger partial charge in [-0.1, -0.05) is 32.4 Å². The number of amides is 2. The van der Waals surface area contributed by atoms with Crippen molar-refractivity contribution in [2.24, 2.45) is 16.3 Å². The zero-order chi connectivity index (χ0) is 13.1. The molecule has 2 amide bonds. The van der Waals surface area contributed by atoms with Crippen molar-refractivity contribution in [1.29, 1.82) is 0 Å². The Balaban J connectivity index is 0.00000289. The largest absolute Gasteiger partial charge is 1.00 e. The van der Waals surface area contributed by atoms with Gasteiger partial charge in [0.15, 0.2) is 0 Å². The fraction of sp³-hybridized carbons (Fsp3) is 0.583. The molecule has 0 fully saturated rings. The van der Waals surface area contributed by atoms with Crippen LogP contribution in [0.3, 0.4) is 0 Å². The minimum atomic E-state index is -1.23. The molecule has 1 heterocycles. The average molecular weight is 260 g/mol. The molecule has 0 aromatic carbocycles.